The number of nitrogens with zero attached hydrogens (tertiary/aromatic N) is 2. The van der Waals surface area contributed by atoms with Crippen LogP contribution in [0.25, 0.3) is 11.3 Å². The quantitative estimate of drug-likeness (QED) is 0.867. The van der Waals surface area contributed by atoms with Gasteiger partial charge in [-0.15, -0.1) is 0 Å². The van der Waals surface area contributed by atoms with Gasteiger partial charge < -0.3 is 10.2 Å². The second-order valence-electron chi connectivity index (χ2n) is 4.53. The van der Waals surface area contributed by atoms with Crippen LogP contribution in [0.3, 0.4) is 0 Å². The van der Waals surface area contributed by atoms with Crippen LogP contribution in [0.4, 0.5) is 0 Å². The summed E-state index contributed by atoms with van der Waals surface area (Å²) in [6.45, 7) is 5.36. The maximum atomic E-state index is 9.83. The fourth-order valence-corrected chi connectivity index (χ4v) is 1.76. The molecule has 2 atom stereocenters. The highest BCUT2D eigenvalue weighted by Crippen LogP contribution is 2.21. The molecule has 0 aliphatic heterocycles. The van der Waals surface area contributed by atoms with Crippen LogP contribution in [0.2, 0.25) is 0 Å². The number of aliphatic hydroxyl groups is 2. The van der Waals surface area contributed by atoms with Crippen LogP contribution >= 0.6 is 0 Å². The van der Waals surface area contributed by atoms with Gasteiger partial charge >= 0.3 is 0 Å². The first-order valence-corrected chi connectivity index (χ1v) is 5.90. The predicted octanol–water partition coefficient (Wildman–Crippen LogP) is 1.84. The first kappa shape index (κ1) is 12.8. The molecule has 0 bridgehead atoms. The minimum Gasteiger partial charge on any atom is -0.389 e. The molecular formula is C14H17N2O2. The normalized spacial score (nSPS) is 14.5. The molecule has 0 amide bonds. The topological polar surface area (TPSA) is 58.3 Å². The minimum atomic E-state index is -1.02. The van der Waals surface area contributed by atoms with Crippen LogP contribution in [0.5, 0.6) is 0 Å². The third kappa shape index (κ3) is 2.44. The van der Waals surface area contributed by atoms with Crippen molar-refractivity contribution in [3.05, 3.63) is 41.6 Å². The lowest BCUT2D eigenvalue weighted by Gasteiger charge is -2.15. The number of benzene rings is 1. The molecule has 2 aromatic rings. The largest absolute Gasteiger partial charge is 0.389 e. The van der Waals surface area contributed by atoms with Gasteiger partial charge in [-0.05, 0) is 44.5 Å². The molecule has 18 heavy (non-hydrogen) atoms. The van der Waals surface area contributed by atoms with Crippen LogP contribution in [-0.2, 0) is 0 Å². The van der Waals surface area contributed by atoms with E-state index in [0.717, 1.165) is 22.5 Å². The van der Waals surface area contributed by atoms with Crippen molar-refractivity contribution in [2.45, 2.75) is 33.1 Å². The molecule has 0 spiro atoms. The number of hydrogen-bond acceptors (Lipinski definition) is 3. The highest BCUT2D eigenvalue weighted by molar-refractivity contribution is 5.59. The zero-order valence-electron chi connectivity index (χ0n) is 10.8. The Morgan fingerprint density at radius 2 is 2.00 bits per heavy atom. The van der Waals surface area contributed by atoms with Gasteiger partial charge in [-0.2, -0.15) is 5.10 Å². The van der Waals surface area contributed by atoms with Crippen molar-refractivity contribution in [2.24, 2.45) is 0 Å². The predicted molar refractivity (Wildman–Crippen MR) is 68.9 cm³/mol. The number of aryl methyl sites for hydroxylation is 2. The molecule has 4 heteroatoms. The first-order valence-electron chi connectivity index (χ1n) is 5.90. The summed E-state index contributed by atoms with van der Waals surface area (Å²) >= 11 is 0. The molecule has 0 aliphatic carbocycles. The Bertz CT molecular complexity index is 529. The zero-order chi connectivity index (χ0) is 13.3. The van der Waals surface area contributed by atoms with Gasteiger partial charge in [-0.25, -0.2) is 4.68 Å². The fraction of sp³-hybridized carbons (Fsp3) is 0.357. The standard InChI is InChI=1S/C14H17N2O2/c1-9-4-6-12(7-5-9)13-8-10(2)16(15-13)14(18)11(3)17/h4,6-8,11,14,17-18H,1-3H3. The highest BCUT2D eigenvalue weighted by atomic mass is 16.3. The Morgan fingerprint density at radius 3 is 2.56 bits per heavy atom. The summed E-state index contributed by atoms with van der Waals surface area (Å²) in [5.41, 5.74) is 3.58. The van der Waals surface area contributed by atoms with Crippen molar-refractivity contribution in [1.29, 1.82) is 0 Å². The van der Waals surface area contributed by atoms with Crippen molar-refractivity contribution >= 4 is 0 Å². The van der Waals surface area contributed by atoms with Crippen molar-refractivity contribution in [3.63, 3.8) is 0 Å². The Hall–Kier alpha value is -1.65. The van der Waals surface area contributed by atoms with E-state index in [1.165, 1.54) is 11.6 Å². The molecule has 0 saturated carbocycles. The molecule has 1 heterocycles. The Labute approximate surface area is 107 Å². The van der Waals surface area contributed by atoms with E-state index >= 15 is 0 Å². The SMILES string of the molecule is Cc1[c]cc(-c2cc(C)n(C(O)C(C)O)n2)cc1. The van der Waals surface area contributed by atoms with Gasteiger partial charge in [0.2, 0.25) is 0 Å². The summed E-state index contributed by atoms with van der Waals surface area (Å²) < 4.78 is 1.43. The second kappa shape index (κ2) is 4.92. The molecule has 95 valence electrons. The van der Waals surface area contributed by atoms with Gasteiger partial charge in [0.25, 0.3) is 0 Å². The van der Waals surface area contributed by atoms with Crippen molar-refractivity contribution in [2.75, 3.05) is 0 Å². The third-order valence-corrected chi connectivity index (χ3v) is 2.87. The number of rotatable bonds is 3. The van der Waals surface area contributed by atoms with Gasteiger partial charge in [-0.1, -0.05) is 12.1 Å². The van der Waals surface area contributed by atoms with E-state index in [2.05, 4.69) is 11.2 Å². The lowest BCUT2D eigenvalue weighted by atomic mass is 10.1. The van der Waals surface area contributed by atoms with Crippen LogP contribution in [0.1, 0.15) is 24.4 Å². The lowest BCUT2D eigenvalue weighted by molar-refractivity contribution is -0.0268. The smallest absolute Gasteiger partial charge is 0.172 e. The molecule has 2 unspecified atom stereocenters. The van der Waals surface area contributed by atoms with Crippen LogP contribution in [0, 0.1) is 19.9 Å². The molecule has 1 radical (unpaired) electrons. The zero-order valence-corrected chi connectivity index (χ0v) is 10.8. The summed E-state index contributed by atoms with van der Waals surface area (Å²) in [4.78, 5) is 0. The maximum Gasteiger partial charge on any atom is 0.172 e. The summed E-state index contributed by atoms with van der Waals surface area (Å²) in [6, 6.07) is 10.8. The molecule has 4 nitrogen and oxygen atoms in total. The molecule has 0 fully saturated rings. The van der Waals surface area contributed by atoms with E-state index in [4.69, 9.17) is 0 Å². The van der Waals surface area contributed by atoms with Gasteiger partial charge in [0, 0.05) is 11.3 Å². The fourth-order valence-electron chi connectivity index (χ4n) is 1.76. The van der Waals surface area contributed by atoms with E-state index < -0.39 is 12.3 Å². The van der Waals surface area contributed by atoms with Crippen molar-refractivity contribution in [3.8, 4) is 11.3 Å². The molecule has 0 aliphatic rings. The van der Waals surface area contributed by atoms with E-state index in [1.54, 1.807) is 0 Å². The van der Waals surface area contributed by atoms with Gasteiger partial charge in [0.1, 0.15) is 0 Å². The van der Waals surface area contributed by atoms with E-state index in [0.29, 0.717) is 0 Å². The molecule has 1 aromatic heterocycles. The number of hydrogen-bond donors (Lipinski definition) is 2. The summed E-state index contributed by atoms with van der Waals surface area (Å²) in [5.74, 6) is 0. The monoisotopic (exact) mass is 245 g/mol. The third-order valence-electron chi connectivity index (χ3n) is 2.87. The van der Waals surface area contributed by atoms with Crippen molar-refractivity contribution in [1.82, 2.24) is 9.78 Å². The van der Waals surface area contributed by atoms with Gasteiger partial charge in [0.05, 0.1) is 11.8 Å². The van der Waals surface area contributed by atoms with Crippen LogP contribution in [-0.4, -0.2) is 26.1 Å². The molecule has 0 saturated heterocycles. The molecule has 2 rings (SSSR count). The Morgan fingerprint density at radius 1 is 1.28 bits per heavy atom. The first-order chi connectivity index (χ1) is 8.49. The van der Waals surface area contributed by atoms with Crippen molar-refractivity contribution < 1.29 is 10.2 Å². The summed E-state index contributed by atoms with van der Waals surface area (Å²) in [5, 5.41) is 23.5. The lowest BCUT2D eigenvalue weighted by Crippen LogP contribution is -2.22. The van der Waals surface area contributed by atoms with E-state index in [1.807, 2.05) is 38.1 Å². The number of aliphatic hydroxyl groups excluding tert-OH is 2. The van der Waals surface area contributed by atoms with Crippen LogP contribution in [0.15, 0.2) is 24.3 Å². The maximum absolute atomic E-state index is 9.83. The molecule has 2 N–H and O–H groups in total. The van der Waals surface area contributed by atoms with E-state index in [9.17, 15) is 10.2 Å². The number of aromatic nitrogens is 2. The average Bonchev–Trinajstić information content (AvgIpc) is 2.71. The highest BCUT2D eigenvalue weighted by Gasteiger charge is 2.17. The molecule has 1 aromatic carbocycles. The summed E-state index contributed by atoms with van der Waals surface area (Å²) in [6.07, 6.45) is -1.88. The minimum absolute atomic E-state index is 0.767. The van der Waals surface area contributed by atoms with Crippen LogP contribution < -0.4 is 0 Å². The summed E-state index contributed by atoms with van der Waals surface area (Å²) in [7, 11) is 0. The molecular weight excluding hydrogens is 228 g/mol. The Kier molecular flexibility index (Phi) is 3.50. The second-order valence-corrected chi connectivity index (χ2v) is 4.53. The Balaban J connectivity index is 2.37. The van der Waals surface area contributed by atoms with E-state index in [-0.39, 0.29) is 0 Å². The van der Waals surface area contributed by atoms with Gasteiger partial charge in [0.15, 0.2) is 6.23 Å². The average molecular weight is 245 g/mol. The van der Waals surface area contributed by atoms with Gasteiger partial charge in [-0.3, -0.25) is 0 Å².